The number of nitrogens with zero attached hydrogens (tertiary/aromatic N) is 2. The minimum absolute atomic E-state index is 0.0258. The molecule has 0 bridgehead atoms. The molecule has 1 saturated heterocycles. The molecule has 0 radical (unpaired) electrons. The van der Waals surface area contributed by atoms with Crippen LogP contribution in [-0.2, 0) is 4.74 Å². The van der Waals surface area contributed by atoms with Crippen LogP contribution in [0.2, 0.25) is 0 Å². The number of carbonyl (C=O) groups excluding carboxylic acids is 1. The lowest BCUT2D eigenvalue weighted by Gasteiger charge is -2.33. The third-order valence-electron chi connectivity index (χ3n) is 3.33. The zero-order chi connectivity index (χ0) is 16.1. The summed E-state index contributed by atoms with van der Waals surface area (Å²) in [4.78, 5) is 24.8. The molecule has 8 heteroatoms. The molecule has 1 aliphatic rings. The topological polar surface area (TPSA) is 84.7 Å². The Bertz CT molecular complexity index is 532. The summed E-state index contributed by atoms with van der Waals surface area (Å²) in [7, 11) is 0. The molecular formula is C14H21N3O4S. The summed E-state index contributed by atoms with van der Waals surface area (Å²) in [6.45, 7) is 8.16. The van der Waals surface area contributed by atoms with Crippen molar-refractivity contribution in [2.45, 2.75) is 20.0 Å². The Kier molecular flexibility index (Phi) is 5.87. The van der Waals surface area contributed by atoms with Crippen molar-refractivity contribution in [1.29, 1.82) is 0 Å². The summed E-state index contributed by atoms with van der Waals surface area (Å²) < 4.78 is 5.66. The maximum Gasteiger partial charge on any atom is 0.324 e. The van der Waals surface area contributed by atoms with E-state index >= 15 is 0 Å². The van der Waals surface area contributed by atoms with Gasteiger partial charge in [-0.25, -0.2) is 0 Å². The monoisotopic (exact) mass is 327 g/mol. The van der Waals surface area contributed by atoms with E-state index in [4.69, 9.17) is 4.74 Å². The Morgan fingerprint density at radius 2 is 2.36 bits per heavy atom. The fraction of sp³-hybridized carbons (Fsp3) is 0.643. The van der Waals surface area contributed by atoms with Crippen molar-refractivity contribution in [3.05, 3.63) is 27.1 Å². The Labute approximate surface area is 133 Å². The largest absolute Gasteiger partial charge is 0.374 e. The van der Waals surface area contributed by atoms with Crippen molar-refractivity contribution in [2.75, 3.05) is 32.8 Å². The van der Waals surface area contributed by atoms with Crippen LogP contribution in [0, 0.1) is 16.0 Å². The normalized spacial score (nSPS) is 19.3. The summed E-state index contributed by atoms with van der Waals surface area (Å²) in [5.74, 6) is 0.308. The molecule has 2 rings (SSSR count). The molecule has 0 spiro atoms. The van der Waals surface area contributed by atoms with Crippen LogP contribution < -0.4 is 5.32 Å². The number of rotatable bonds is 6. The SMILES string of the molecule is CC(C)CN1CCOC(CNC(=O)c2ccc([N+](=O)[O-])s2)C1. The van der Waals surface area contributed by atoms with Crippen LogP contribution in [-0.4, -0.2) is 54.6 Å². The van der Waals surface area contributed by atoms with Crippen LogP contribution >= 0.6 is 11.3 Å². The smallest absolute Gasteiger partial charge is 0.324 e. The predicted molar refractivity (Wildman–Crippen MR) is 84.3 cm³/mol. The number of thiophene rings is 1. The van der Waals surface area contributed by atoms with Gasteiger partial charge in [-0.15, -0.1) is 0 Å². The van der Waals surface area contributed by atoms with Crippen molar-refractivity contribution in [3.8, 4) is 0 Å². The molecule has 1 aromatic heterocycles. The number of morpholine rings is 1. The highest BCUT2D eigenvalue weighted by Crippen LogP contribution is 2.23. The highest BCUT2D eigenvalue weighted by molar-refractivity contribution is 7.17. The zero-order valence-corrected chi connectivity index (χ0v) is 13.6. The van der Waals surface area contributed by atoms with Crippen LogP contribution in [0.5, 0.6) is 0 Å². The van der Waals surface area contributed by atoms with Crippen molar-refractivity contribution < 1.29 is 14.5 Å². The van der Waals surface area contributed by atoms with E-state index in [1.54, 1.807) is 0 Å². The van der Waals surface area contributed by atoms with E-state index in [0.717, 1.165) is 31.0 Å². The van der Waals surface area contributed by atoms with Gasteiger partial charge in [-0.1, -0.05) is 25.2 Å². The standard InChI is InChI=1S/C14H21N3O4S/c1-10(2)8-16-5-6-21-11(9-16)7-15-14(18)12-3-4-13(22-12)17(19)20/h3-4,10-11H,5-9H2,1-2H3,(H,15,18). The predicted octanol–water partition coefficient (Wildman–Crippen LogP) is 1.74. The lowest BCUT2D eigenvalue weighted by atomic mass is 10.2. The van der Waals surface area contributed by atoms with E-state index in [9.17, 15) is 14.9 Å². The van der Waals surface area contributed by atoms with Gasteiger partial charge in [0, 0.05) is 32.2 Å². The Morgan fingerprint density at radius 1 is 1.59 bits per heavy atom. The quantitative estimate of drug-likeness (QED) is 0.635. The van der Waals surface area contributed by atoms with Gasteiger partial charge in [-0.2, -0.15) is 0 Å². The van der Waals surface area contributed by atoms with Crippen molar-refractivity contribution >= 4 is 22.2 Å². The van der Waals surface area contributed by atoms with E-state index in [0.29, 0.717) is 23.9 Å². The molecule has 22 heavy (non-hydrogen) atoms. The lowest BCUT2D eigenvalue weighted by molar-refractivity contribution is -0.380. The van der Waals surface area contributed by atoms with Crippen LogP contribution in [0.15, 0.2) is 12.1 Å². The van der Waals surface area contributed by atoms with Gasteiger partial charge in [0.15, 0.2) is 0 Å². The maximum atomic E-state index is 12.0. The first-order chi connectivity index (χ1) is 10.5. The summed E-state index contributed by atoms with van der Waals surface area (Å²) in [6, 6.07) is 2.83. The summed E-state index contributed by atoms with van der Waals surface area (Å²) in [5, 5.41) is 13.4. The first-order valence-electron chi connectivity index (χ1n) is 7.32. The highest BCUT2D eigenvalue weighted by atomic mass is 32.1. The molecule has 0 saturated carbocycles. The van der Waals surface area contributed by atoms with Gasteiger partial charge in [-0.05, 0) is 12.0 Å². The second-order valence-electron chi connectivity index (χ2n) is 5.75. The van der Waals surface area contributed by atoms with Crippen molar-refractivity contribution in [2.24, 2.45) is 5.92 Å². The number of hydrogen-bond acceptors (Lipinski definition) is 6. The second-order valence-corrected chi connectivity index (χ2v) is 6.81. The van der Waals surface area contributed by atoms with E-state index < -0.39 is 4.92 Å². The van der Waals surface area contributed by atoms with Crippen LogP contribution in [0.25, 0.3) is 0 Å². The summed E-state index contributed by atoms with van der Waals surface area (Å²) >= 11 is 0.882. The van der Waals surface area contributed by atoms with Gasteiger partial charge >= 0.3 is 5.00 Å². The third-order valence-corrected chi connectivity index (χ3v) is 4.37. The Morgan fingerprint density at radius 3 is 3.00 bits per heavy atom. The fourth-order valence-electron chi connectivity index (χ4n) is 2.43. The number of nitro groups is 1. The second kappa shape index (κ2) is 7.66. The van der Waals surface area contributed by atoms with Crippen molar-refractivity contribution in [3.63, 3.8) is 0 Å². The average molecular weight is 327 g/mol. The van der Waals surface area contributed by atoms with Gasteiger partial charge in [0.05, 0.1) is 22.5 Å². The van der Waals surface area contributed by atoms with Crippen LogP contribution in [0.4, 0.5) is 5.00 Å². The lowest BCUT2D eigenvalue weighted by Crippen LogP contribution is -2.48. The summed E-state index contributed by atoms with van der Waals surface area (Å²) in [5.41, 5.74) is 0. The van der Waals surface area contributed by atoms with E-state index in [2.05, 4.69) is 24.1 Å². The number of nitrogens with one attached hydrogen (secondary N) is 1. The summed E-state index contributed by atoms with van der Waals surface area (Å²) in [6.07, 6.45) is -0.0357. The van der Waals surface area contributed by atoms with Gasteiger partial charge in [0.25, 0.3) is 5.91 Å². The number of amides is 1. The van der Waals surface area contributed by atoms with E-state index in [-0.39, 0.29) is 17.0 Å². The molecule has 2 heterocycles. The molecule has 1 unspecified atom stereocenters. The van der Waals surface area contributed by atoms with Gasteiger partial charge < -0.3 is 10.1 Å². The van der Waals surface area contributed by atoms with Crippen LogP contribution in [0.3, 0.4) is 0 Å². The number of hydrogen-bond donors (Lipinski definition) is 1. The minimum atomic E-state index is -0.491. The molecule has 7 nitrogen and oxygen atoms in total. The molecule has 1 amide bonds. The van der Waals surface area contributed by atoms with E-state index in [1.807, 2.05) is 0 Å². The third kappa shape index (κ3) is 4.75. The molecule has 122 valence electrons. The first kappa shape index (κ1) is 16.9. The number of ether oxygens (including phenoxy) is 1. The van der Waals surface area contributed by atoms with Gasteiger partial charge in [0.1, 0.15) is 0 Å². The van der Waals surface area contributed by atoms with Crippen molar-refractivity contribution in [1.82, 2.24) is 10.2 Å². The fourth-order valence-corrected chi connectivity index (χ4v) is 3.16. The molecule has 1 N–H and O–H groups in total. The first-order valence-corrected chi connectivity index (χ1v) is 8.13. The van der Waals surface area contributed by atoms with Gasteiger partial charge in [-0.3, -0.25) is 19.8 Å². The van der Waals surface area contributed by atoms with Crippen LogP contribution in [0.1, 0.15) is 23.5 Å². The zero-order valence-electron chi connectivity index (χ0n) is 12.8. The molecule has 0 aliphatic carbocycles. The number of carbonyl (C=O) groups is 1. The average Bonchev–Trinajstić information content (AvgIpc) is 2.94. The Balaban J connectivity index is 1.81. The molecule has 1 atom stereocenters. The molecule has 0 aromatic carbocycles. The molecular weight excluding hydrogens is 306 g/mol. The maximum absolute atomic E-state index is 12.0. The minimum Gasteiger partial charge on any atom is -0.374 e. The molecule has 1 fully saturated rings. The molecule has 1 aromatic rings. The van der Waals surface area contributed by atoms with Gasteiger partial charge in [0.2, 0.25) is 0 Å². The highest BCUT2D eigenvalue weighted by Gasteiger charge is 2.22. The van der Waals surface area contributed by atoms with E-state index in [1.165, 1.54) is 12.1 Å². The Hall–Kier alpha value is -1.51. The molecule has 1 aliphatic heterocycles.